The van der Waals surface area contributed by atoms with Crippen LogP contribution in [0, 0.1) is 5.92 Å². The Labute approximate surface area is 114 Å². The number of hydrogen-bond acceptors (Lipinski definition) is 2. The smallest absolute Gasteiger partial charge is 0.248 e. The summed E-state index contributed by atoms with van der Waals surface area (Å²) in [4.78, 5) is 14.4. The van der Waals surface area contributed by atoms with E-state index in [1.54, 1.807) is 6.07 Å². The molecule has 2 N–H and O–H groups in total. The molecule has 0 aliphatic heterocycles. The first-order valence-corrected chi connectivity index (χ1v) is 7.72. The highest BCUT2D eigenvalue weighted by Gasteiger charge is 2.26. The average Bonchev–Trinajstić information content (AvgIpc) is 2.92. The molecule has 3 heteroatoms. The summed E-state index contributed by atoms with van der Waals surface area (Å²) in [6.45, 7) is 2.33. The van der Waals surface area contributed by atoms with Crippen molar-refractivity contribution in [1.29, 1.82) is 0 Å². The second kappa shape index (κ2) is 5.49. The molecule has 104 valence electrons. The van der Waals surface area contributed by atoms with Gasteiger partial charge in [-0.15, -0.1) is 0 Å². The predicted octanol–water partition coefficient (Wildman–Crippen LogP) is 2.92. The van der Waals surface area contributed by atoms with Crippen LogP contribution in [0.2, 0.25) is 0 Å². The van der Waals surface area contributed by atoms with Gasteiger partial charge in [0.2, 0.25) is 5.56 Å². The molecule has 1 unspecified atom stereocenters. The molecule has 0 saturated heterocycles. The number of fused-ring (bicyclic) bond motifs is 1. The second-order valence-electron chi connectivity index (χ2n) is 6.20. The van der Waals surface area contributed by atoms with Gasteiger partial charge in [0.25, 0.3) is 0 Å². The third-order valence-electron chi connectivity index (χ3n) is 4.90. The third kappa shape index (κ3) is 2.76. The van der Waals surface area contributed by atoms with Crippen molar-refractivity contribution in [3.63, 3.8) is 0 Å². The number of pyridine rings is 1. The Morgan fingerprint density at radius 3 is 2.79 bits per heavy atom. The molecular formula is C16H24N2O. The van der Waals surface area contributed by atoms with Crippen molar-refractivity contribution in [3.8, 4) is 0 Å². The molecule has 0 radical (unpaired) electrons. The molecule has 0 aromatic carbocycles. The van der Waals surface area contributed by atoms with Gasteiger partial charge in [0.05, 0.1) is 0 Å². The number of aromatic amines is 1. The predicted molar refractivity (Wildman–Crippen MR) is 77.3 cm³/mol. The molecule has 2 aliphatic rings. The number of aromatic nitrogens is 1. The van der Waals surface area contributed by atoms with Gasteiger partial charge in [-0.25, -0.2) is 0 Å². The topological polar surface area (TPSA) is 44.9 Å². The Morgan fingerprint density at radius 2 is 2.00 bits per heavy atom. The van der Waals surface area contributed by atoms with Crippen LogP contribution in [-0.2, 0) is 6.42 Å². The Kier molecular flexibility index (Phi) is 3.74. The summed E-state index contributed by atoms with van der Waals surface area (Å²) < 4.78 is 0. The molecule has 2 aliphatic carbocycles. The fraction of sp³-hybridized carbons (Fsp3) is 0.688. The largest absolute Gasteiger partial charge is 0.326 e. The summed E-state index contributed by atoms with van der Waals surface area (Å²) in [5.41, 5.74) is 2.49. The fourth-order valence-electron chi connectivity index (χ4n) is 3.78. The Balaban J connectivity index is 1.74. The van der Waals surface area contributed by atoms with Gasteiger partial charge in [0.15, 0.2) is 0 Å². The molecule has 2 atom stereocenters. The summed E-state index contributed by atoms with van der Waals surface area (Å²) in [6.07, 6.45) is 8.91. The van der Waals surface area contributed by atoms with E-state index < -0.39 is 0 Å². The van der Waals surface area contributed by atoms with E-state index in [1.807, 2.05) is 6.07 Å². The van der Waals surface area contributed by atoms with Crippen LogP contribution in [0.4, 0.5) is 0 Å². The molecule has 19 heavy (non-hydrogen) atoms. The molecule has 0 spiro atoms. The van der Waals surface area contributed by atoms with Crippen molar-refractivity contribution in [1.82, 2.24) is 10.3 Å². The van der Waals surface area contributed by atoms with Gasteiger partial charge in [0, 0.05) is 23.8 Å². The van der Waals surface area contributed by atoms with Crippen LogP contribution in [0.25, 0.3) is 0 Å². The number of H-pyrrole nitrogens is 1. The fourth-order valence-corrected chi connectivity index (χ4v) is 3.78. The number of nitrogens with one attached hydrogen (secondary N) is 2. The van der Waals surface area contributed by atoms with Crippen LogP contribution in [0.15, 0.2) is 16.9 Å². The van der Waals surface area contributed by atoms with Gasteiger partial charge in [-0.2, -0.15) is 0 Å². The minimum Gasteiger partial charge on any atom is -0.326 e. The molecule has 3 rings (SSSR count). The highest BCUT2D eigenvalue weighted by atomic mass is 16.1. The SMILES string of the molecule is C[C@@H](NC1CCCc2[nH]c(=O)ccc21)C1CCCC1. The molecule has 1 aromatic heterocycles. The summed E-state index contributed by atoms with van der Waals surface area (Å²) in [5, 5.41) is 3.81. The first-order chi connectivity index (χ1) is 9.24. The van der Waals surface area contributed by atoms with Crippen LogP contribution in [0.3, 0.4) is 0 Å². The van der Waals surface area contributed by atoms with E-state index in [4.69, 9.17) is 0 Å². The molecule has 3 nitrogen and oxygen atoms in total. The molecular weight excluding hydrogens is 236 g/mol. The third-order valence-corrected chi connectivity index (χ3v) is 4.90. The molecule has 1 saturated carbocycles. The van der Waals surface area contributed by atoms with E-state index in [-0.39, 0.29) is 5.56 Å². The van der Waals surface area contributed by atoms with Crippen LogP contribution in [-0.4, -0.2) is 11.0 Å². The summed E-state index contributed by atoms with van der Waals surface area (Å²) in [6, 6.07) is 4.70. The maximum atomic E-state index is 11.4. The molecule has 1 aromatic rings. The van der Waals surface area contributed by atoms with Crippen LogP contribution >= 0.6 is 0 Å². The number of rotatable bonds is 3. The first kappa shape index (κ1) is 12.9. The van der Waals surface area contributed by atoms with Gasteiger partial charge in [0.1, 0.15) is 0 Å². The minimum absolute atomic E-state index is 0.0308. The Bertz CT molecular complexity index is 488. The van der Waals surface area contributed by atoms with E-state index in [0.29, 0.717) is 12.1 Å². The number of hydrogen-bond donors (Lipinski definition) is 2. The van der Waals surface area contributed by atoms with Gasteiger partial charge in [-0.05, 0) is 50.5 Å². The van der Waals surface area contributed by atoms with E-state index in [2.05, 4.69) is 17.2 Å². The number of aryl methyl sites for hydroxylation is 1. The highest BCUT2D eigenvalue weighted by Crippen LogP contribution is 2.32. The zero-order valence-electron chi connectivity index (χ0n) is 11.7. The van der Waals surface area contributed by atoms with Gasteiger partial charge in [-0.3, -0.25) is 4.79 Å². The quantitative estimate of drug-likeness (QED) is 0.877. The van der Waals surface area contributed by atoms with Crippen molar-refractivity contribution in [2.45, 2.75) is 64.0 Å². The molecule has 1 heterocycles. The van der Waals surface area contributed by atoms with Crippen molar-refractivity contribution in [3.05, 3.63) is 33.7 Å². The van der Waals surface area contributed by atoms with Crippen LogP contribution in [0.1, 0.15) is 62.7 Å². The second-order valence-corrected chi connectivity index (χ2v) is 6.20. The maximum absolute atomic E-state index is 11.4. The lowest BCUT2D eigenvalue weighted by Crippen LogP contribution is -2.37. The van der Waals surface area contributed by atoms with Gasteiger partial charge in [-0.1, -0.05) is 18.9 Å². The average molecular weight is 260 g/mol. The van der Waals surface area contributed by atoms with Gasteiger partial charge < -0.3 is 10.3 Å². The first-order valence-electron chi connectivity index (χ1n) is 7.72. The summed E-state index contributed by atoms with van der Waals surface area (Å²) in [7, 11) is 0. The van der Waals surface area contributed by atoms with Crippen LogP contribution in [0.5, 0.6) is 0 Å². The lowest BCUT2D eigenvalue weighted by molar-refractivity contribution is 0.323. The monoisotopic (exact) mass is 260 g/mol. The highest BCUT2D eigenvalue weighted by molar-refractivity contribution is 5.26. The zero-order chi connectivity index (χ0) is 13.2. The van der Waals surface area contributed by atoms with E-state index in [1.165, 1.54) is 44.1 Å². The Morgan fingerprint density at radius 1 is 1.21 bits per heavy atom. The summed E-state index contributed by atoms with van der Waals surface area (Å²) in [5.74, 6) is 0.841. The van der Waals surface area contributed by atoms with E-state index in [9.17, 15) is 4.79 Å². The standard InChI is InChI=1S/C16H24N2O/c1-11(12-5-2-3-6-12)17-14-7-4-8-15-13(14)9-10-16(19)18-15/h9-12,14,17H,2-8H2,1H3,(H,18,19)/t11-,14?/m1/s1. The summed E-state index contributed by atoms with van der Waals surface area (Å²) >= 11 is 0. The lowest BCUT2D eigenvalue weighted by Gasteiger charge is -2.31. The van der Waals surface area contributed by atoms with Crippen molar-refractivity contribution in [2.24, 2.45) is 5.92 Å². The maximum Gasteiger partial charge on any atom is 0.248 e. The molecule has 0 amide bonds. The van der Waals surface area contributed by atoms with E-state index in [0.717, 1.165) is 18.0 Å². The van der Waals surface area contributed by atoms with Gasteiger partial charge >= 0.3 is 0 Å². The minimum atomic E-state index is 0.0308. The van der Waals surface area contributed by atoms with Crippen molar-refractivity contribution >= 4 is 0 Å². The molecule has 1 fully saturated rings. The zero-order valence-corrected chi connectivity index (χ0v) is 11.7. The lowest BCUT2D eigenvalue weighted by atomic mass is 9.89. The molecule has 0 bridgehead atoms. The Hall–Kier alpha value is -1.09. The van der Waals surface area contributed by atoms with E-state index >= 15 is 0 Å². The van der Waals surface area contributed by atoms with Crippen molar-refractivity contribution in [2.75, 3.05) is 0 Å². The van der Waals surface area contributed by atoms with Crippen molar-refractivity contribution < 1.29 is 0 Å². The van der Waals surface area contributed by atoms with Crippen LogP contribution < -0.4 is 10.9 Å². The normalized spacial score (nSPS) is 25.2.